The summed E-state index contributed by atoms with van der Waals surface area (Å²) in [6, 6.07) is 11.3. The molecule has 6 nitrogen and oxygen atoms in total. The van der Waals surface area contributed by atoms with Gasteiger partial charge in [0.25, 0.3) is 5.91 Å². The van der Waals surface area contributed by atoms with Gasteiger partial charge in [-0.25, -0.2) is 0 Å². The number of nitrogens with one attached hydrogen (secondary N) is 2. The highest BCUT2D eigenvalue weighted by atomic mass is 16.5. The van der Waals surface area contributed by atoms with Gasteiger partial charge in [0.1, 0.15) is 0 Å². The Labute approximate surface area is 159 Å². The molecule has 2 amide bonds. The molecule has 6 heteroatoms. The minimum Gasteiger partial charge on any atom is -0.355 e. The first-order valence-electron chi connectivity index (χ1n) is 9.77. The number of hydrogen-bond donors (Lipinski definition) is 2. The van der Waals surface area contributed by atoms with Crippen LogP contribution in [0, 0.1) is 5.92 Å². The first-order chi connectivity index (χ1) is 13.2. The molecule has 1 aliphatic rings. The summed E-state index contributed by atoms with van der Waals surface area (Å²) in [5.41, 5.74) is 1.02. The quantitative estimate of drug-likeness (QED) is 0.745. The lowest BCUT2D eigenvalue weighted by molar-refractivity contribution is -0.121. The van der Waals surface area contributed by atoms with Crippen molar-refractivity contribution < 1.29 is 14.1 Å². The zero-order valence-electron chi connectivity index (χ0n) is 15.7. The lowest BCUT2D eigenvalue weighted by Crippen LogP contribution is -2.43. The third-order valence-corrected chi connectivity index (χ3v) is 5.14. The van der Waals surface area contributed by atoms with E-state index in [1.54, 1.807) is 6.07 Å². The lowest BCUT2D eigenvalue weighted by atomic mass is 9.97. The number of carbonyl (C=O) groups is 2. The van der Waals surface area contributed by atoms with Crippen LogP contribution in [0.1, 0.15) is 55.9 Å². The predicted octanol–water partition coefficient (Wildman–Crippen LogP) is 3.55. The van der Waals surface area contributed by atoms with Gasteiger partial charge in [0, 0.05) is 17.7 Å². The van der Waals surface area contributed by atoms with Gasteiger partial charge in [0.15, 0.2) is 11.5 Å². The van der Waals surface area contributed by atoms with Crippen LogP contribution in [0.3, 0.4) is 0 Å². The minimum absolute atomic E-state index is 0.0522. The molecule has 1 aromatic carbocycles. The van der Waals surface area contributed by atoms with Gasteiger partial charge in [-0.05, 0) is 25.2 Å². The summed E-state index contributed by atoms with van der Waals surface area (Å²) >= 11 is 0. The van der Waals surface area contributed by atoms with Crippen molar-refractivity contribution in [3.8, 4) is 11.3 Å². The predicted molar refractivity (Wildman–Crippen MR) is 103 cm³/mol. The molecule has 1 saturated carbocycles. The normalized spacial score (nSPS) is 19.0. The summed E-state index contributed by atoms with van der Waals surface area (Å²) in [7, 11) is 0. The zero-order valence-corrected chi connectivity index (χ0v) is 15.7. The fraction of sp³-hybridized carbons (Fsp3) is 0.476. The van der Waals surface area contributed by atoms with Gasteiger partial charge in [-0.2, -0.15) is 0 Å². The number of unbranched alkanes of at least 4 members (excludes halogenated alkanes) is 1. The van der Waals surface area contributed by atoms with E-state index >= 15 is 0 Å². The van der Waals surface area contributed by atoms with E-state index in [9.17, 15) is 9.59 Å². The second-order valence-electron chi connectivity index (χ2n) is 7.13. The SMILES string of the molecule is CCCCC1CCCC1NC(=O)CNC(=O)c1cc(-c2ccccc2)on1. The Morgan fingerprint density at radius 2 is 2.04 bits per heavy atom. The number of hydrogen-bond acceptors (Lipinski definition) is 4. The third kappa shape index (κ3) is 5.18. The van der Waals surface area contributed by atoms with E-state index < -0.39 is 5.91 Å². The number of benzene rings is 1. The standard InChI is InChI=1S/C21H27N3O3/c1-2-3-8-15-11-7-12-17(15)23-20(25)14-22-21(26)18-13-19(27-24-18)16-9-5-4-6-10-16/h4-6,9-10,13,15,17H,2-3,7-8,11-12,14H2,1H3,(H,22,26)(H,23,25). The van der Waals surface area contributed by atoms with E-state index in [-0.39, 0.29) is 24.2 Å². The van der Waals surface area contributed by atoms with Crippen molar-refractivity contribution in [3.05, 3.63) is 42.1 Å². The average molecular weight is 369 g/mol. The molecule has 1 fully saturated rings. The Morgan fingerprint density at radius 3 is 2.81 bits per heavy atom. The van der Waals surface area contributed by atoms with Gasteiger partial charge in [0.2, 0.25) is 5.91 Å². The van der Waals surface area contributed by atoms with Crippen LogP contribution in [0.25, 0.3) is 11.3 Å². The molecule has 0 bridgehead atoms. The molecule has 1 heterocycles. The number of amides is 2. The Bertz CT molecular complexity index is 757. The summed E-state index contributed by atoms with van der Waals surface area (Å²) in [6.07, 6.45) is 6.90. The van der Waals surface area contributed by atoms with Gasteiger partial charge in [-0.3, -0.25) is 9.59 Å². The van der Waals surface area contributed by atoms with E-state index in [1.807, 2.05) is 30.3 Å². The average Bonchev–Trinajstić information content (AvgIpc) is 3.35. The molecule has 2 N–H and O–H groups in total. The molecule has 0 radical (unpaired) electrons. The molecule has 1 aliphatic carbocycles. The topological polar surface area (TPSA) is 84.2 Å². The Kier molecular flexibility index (Phi) is 6.63. The van der Waals surface area contributed by atoms with E-state index in [0.29, 0.717) is 11.7 Å². The van der Waals surface area contributed by atoms with E-state index in [4.69, 9.17) is 4.52 Å². The van der Waals surface area contributed by atoms with Crippen LogP contribution < -0.4 is 10.6 Å². The van der Waals surface area contributed by atoms with Crippen molar-refractivity contribution >= 4 is 11.8 Å². The van der Waals surface area contributed by atoms with Crippen molar-refractivity contribution in [3.63, 3.8) is 0 Å². The molecular weight excluding hydrogens is 342 g/mol. The van der Waals surface area contributed by atoms with Crippen LogP contribution >= 0.6 is 0 Å². The smallest absolute Gasteiger partial charge is 0.273 e. The van der Waals surface area contributed by atoms with Gasteiger partial charge in [-0.1, -0.05) is 61.7 Å². The molecule has 2 aromatic rings. The largest absolute Gasteiger partial charge is 0.355 e. The molecule has 27 heavy (non-hydrogen) atoms. The maximum Gasteiger partial charge on any atom is 0.273 e. The fourth-order valence-corrected chi connectivity index (χ4v) is 3.67. The summed E-state index contributed by atoms with van der Waals surface area (Å²) < 4.78 is 5.23. The van der Waals surface area contributed by atoms with E-state index in [1.165, 1.54) is 19.3 Å². The van der Waals surface area contributed by atoms with E-state index in [0.717, 1.165) is 24.8 Å². The minimum atomic E-state index is -0.412. The molecule has 0 spiro atoms. The summed E-state index contributed by atoms with van der Waals surface area (Å²) in [4.78, 5) is 24.4. The Morgan fingerprint density at radius 1 is 1.22 bits per heavy atom. The van der Waals surface area contributed by atoms with Crippen LogP contribution in [0.4, 0.5) is 0 Å². The van der Waals surface area contributed by atoms with Crippen LogP contribution in [-0.2, 0) is 4.79 Å². The van der Waals surface area contributed by atoms with Crippen LogP contribution in [0.2, 0.25) is 0 Å². The van der Waals surface area contributed by atoms with Gasteiger partial charge in [0.05, 0.1) is 6.54 Å². The molecule has 0 saturated heterocycles. The summed E-state index contributed by atoms with van der Waals surface area (Å²) in [5.74, 6) is 0.525. The summed E-state index contributed by atoms with van der Waals surface area (Å²) in [5, 5.41) is 9.50. The number of rotatable bonds is 8. The van der Waals surface area contributed by atoms with Crippen LogP contribution in [0.15, 0.2) is 40.9 Å². The monoisotopic (exact) mass is 369 g/mol. The lowest BCUT2D eigenvalue weighted by Gasteiger charge is -2.20. The fourth-order valence-electron chi connectivity index (χ4n) is 3.67. The first kappa shape index (κ1) is 19.1. The molecule has 144 valence electrons. The maximum absolute atomic E-state index is 12.2. The van der Waals surface area contributed by atoms with Crippen molar-refractivity contribution in [2.24, 2.45) is 5.92 Å². The first-order valence-corrected chi connectivity index (χ1v) is 9.77. The second-order valence-corrected chi connectivity index (χ2v) is 7.13. The highest BCUT2D eigenvalue weighted by molar-refractivity contribution is 5.95. The number of aromatic nitrogens is 1. The van der Waals surface area contributed by atoms with Crippen LogP contribution in [-0.4, -0.2) is 29.6 Å². The van der Waals surface area contributed by atoms with E-state index in [2.05, 4.69) is 22.7 Å². The Balaban J connectivity index is 1.47. The third-order valence-electron chi connectivity index (χ3n) is 5.14. The van der Waals surface area contributed by atoms with Gasteiger partial charge < -0.3 is 15.2 Å². The van der Waals surface area contributed by atoms with Crippen LogP contribution in [0.5, 0.6) is 0 Å². The summed E-state index contributed by atoms with van der Waals surface area (Å²) in [6.45, 7) is 2.13. The second kappa shape index (κ2) is 9.35. The van der Waals surface area contributed by atoms with Crippen molar-refractivity contribution in [2.75, 3.05) is 6.54 Å². The van der Waals surface area contributed by atoms with Gasteiger partial charge in [-0.15, -0.1) is 0 Å². The van der Waals surface area contributed by atoms with Gasteiger partial charge >= 0.3 is 0 Å². The van der Waals surface area contributed by atoms with Crippen molar-refractivity contribution in [2.45, 2.75) is 51.5 Å². The zero-order chi connectivity index (χ0) is 19.1. The number of carbonyl (C=O) groups excluding carboxylic acids is 2. The molecule has 0 aliphatic heterocycles. The molecule has 2 atom stereocenters. The molecule has 2 unspecified atom stereocenters. The molecule has 1 aromatic heterocycles. The highest BCUT2D eigenvalue weighted by Crippen LogP contribution is 2.29. The van der Waals surface area contributed by atoms with Crippen molar-refractivity contribution in [1.29, 1.82) is 0 Å². The molecule has 3 rings (SSSR count). The highest BCUT2D eigenvalue weighted by Gasteiger charge is 2.28. The number of nitrogens with zero attached hydrogens (tertiary/aromatic N) is 1. The molecular formula is C21H27N3O3. The maximum atomic E-state index is 12.2. The Hall–Kier alpha value is -2.63. The van der Waals surface area contributed by atoms with Crippen molar-refractivity contribution in [1.82, 2.24) is 15.8 Å².